The van der Waals surface area contributed by atoms with Crippen molar-refractivity contribution in [2.75, 3.05) is 38.5 Å². The Morgan fingerprint density at radius 1 is 1.04 bits per heavy atom. The average Bonchev–Trinajstić information content (AvgIpc) is 2.65. The van der Waals surface area contributed by atoms with E-state index in [9.17, 15) is 13.2 Å². The number of likely N-dealkylation sites (N-methyl/N-ethyl adjacent to an activating group) is 1. The number of hydrogen-bond acceptors (Lipinski definition) is 4. The molecule has 0 fully saturated rings. The van der Waals surface area contributed by atoms with Crippen LogP contribution < -0.4 is 5.32 Å². The molecule has 0 heterocycles. The van der Waals surface area contributed by atoms with E-state index < -0.39 is 9.84 Å². The molecule has 0 bridgehead atoms. The maximum Gasteiger partial charge on any atom is 0.317 e. The minimum Gasteiger partial charge on any atom is -0.412 e. The molecule has 2 amide bonds. The highest BCUT2D eigenvalue weighted by Gasteiger charge is 2.18. The van der Waals surface area contributed by atoms with E-state index in [1.165, 1.54) is 0 Å². The van der Waals surface area contributed by atoms with E-state index in [2.05, 4.69) is 24.1 Å². The highest BCUT2D eigenvalue weighted by atomic mass is 32.2. The Labute approximate surface area is 170 Å². The summed E-state index contributed by atoms with van der Waals surface area (Å²) in [6.45, 7) is 12.1. The van der Waals surface area contributed by atoms with Crippen molar-refractivity contribution in [1.29, 1.82) is 0 Å². The van der Waals surface area contributed by atoms with Crippen molar-refractivity contribution < 1.29 is 18.7 Å². The van der Waals surface area contributed by atoms with Gasteiger partial charge in [-0.1, -0.05) is 32.0 Å². The Hall–Kier alpha value is -1.64. The van der Waals surface area contributed by atoms with Crippen molar-refractivity contribution in [3.63, 3.8) is 0 Å². The predicted molar refractivity (Wildman–Crippen MR) is 114 cm³/mol. The largest absolute Gasteiger partial charge is 0.412 e. The van der Waals surface area contributed by atoms with E-state index in [-0.39, 0.29) is 23.3 Å². The first-order valence-electron chi connectivity index (χ1n) is 9.86. The van der Waals surface area contributed by atoms with Gasteiger partial charge >= 0.3 is 6.03 Å². The summed E-state index contributed by atoms with van der Waals surface area (Å²) in [6.07, 6.45) is 1.20. The summed E-state index contributed by atoms with van der Waals surface area (Å²) in [6, 6.07) is 8.51. The first kappa shape index (κ1) is 26.4. The second-order valence-electron chi connectivity index (χ2n) is 6.88. The number of rotatable bonds is 12. The molecule has 28 heavy (non-hydrogen) atoms. The summed E-state index contributed by atoms with van der Waals surface area (Å²) in [5.41, 5.74) is 0. The number of sulfone groups is 1. The number of unbranched alkanes of at least 4 members (excludes halogenated alkanes) is 1. The van der Waals surface area contributed by atoms with Gasteiger partial charge in [-0.2, -0.15) is 0 Å². The molecule has 0 unspecified atom stereocenters. The maximum absolute atomic E-state index is 12.4. The fourth-order valence-corrected chi connectivity index (χ4v) is 4.27. The molecule has 0 radical (unpaired) electrons. The molecule has 8 heteroatoms. The van der Waals surface area contributed by atoms with E-state index in [0.717, 1.165) is 19.6 Å². The molecule has 0 aliphatic heterocycles. The lowest BCUT2D eigenvalue weighted by Gasteiger charge is -2.27. The van der Waals surface area contributed by atoms with E-state index in [4.69, 9.17) is 0 Å². The van der Waals surface area contributed by atoms with E-state index >= 15 is 0 Å². The van der Waals surface area contributed by atoms with Gasteiger partial charge in [0.2, 0.25) is 0 Å². The van der Waals surface area contributed by atoms with Crippen LogP contribution in [0.5, 0.6) is 0 Å². The van der Waals surface area contributed by atoms with E-state index in [1.807, 2.05) is 13.8 Å². The Bertz CT molecular complexity index is 647. The maximum atomic E-state index is 12.4. The third-order valence-corrected chi connectivity index (χ3v) is 6.46. The van der Waals surface area contributed by atoms with E-state index in [1.54, 1.807) is 35.2 Å². The fourth-order valence-electron chi connectivity index (χ4n) is 2.88. The number of benzene rings is 1. The predicted octanol–water partition coefficient (Wildman–Crippen LogP) is 2.18. The summed E-state index contributed by atoms with van der Waals surface area (Å²) in [4.78, 5) is 16.8. The van der Waals surface area contributed by atoms with Crippen LogP contribution >= 0.6 is 0 Å². The zero-order valence-electron chi connectivity index (χ0n) is 17.6. The van der Waals surface area contributed by atoms with Gasteiger partial charge in [-0.25, -0.2) is 13.2 Å². The number of carbonyl (C=O) groups excluding carboxylic acids is 1. The molecule has 0 aliphatic rings. The number of nitrogens with zero attached hydrogens (tertiary/aromatic N) is 2. The Morgan fingerprint density at radius 2 is 1.64 bits per heavy atom. The van der Waals surface area contributed by atoms with Gasteiger partial charge in [0.1, 0.15) is 0 Å². The van der Waals surface area contributed by atoms with Gasteiger partial charge in [-0.3, -0.25) is 0 Å². The topological polar surface area (TPSA) is 101 Å². The molecule has 7 nitrogen and oxygen atoms in total. The van der Waals surface area contributed by atoms with Crippen LogP contribution in [0.15, 0.2) is 35.2 Å². The van der Waals surface area contributed by atoms with Crippen molar-refractivity contribution >= 4 is 15.9 Å². The van der Waals surface area contributed by atoms with Gasteiger partial charge in [-0.05, 0) is 51.9 Å². The minimum absolute atomic E-state index is 0. The fraction of sp³-hybridized carbons (Fsp3) is 0.650. The number of urea groups is 1. The minimum atomic E-state index is -3.25. The Morgan fingerprint density at radius 3 is 2.18 bits per heavy atom. The zero-order chi connectivity index (χ0) is 20.3. The van der Waals surface area contributed by atoms with Gasteiger partial charge < -0.3 is 20.6 Å². The number of hydrogen-bond donors (Lipinski definition) is 1. The van der Waals surface area contributed by atoms with Crippen LogP contribution in [-0.4, -0.2) is 74.2 Å². The molecule has 1 aromatic carbocycles. The van der Waals surface area contributed by atoms with Crippen molar-refractivity contribution in [1.82, 2.24) is 15.1 Å². The smallest absolute Gasteiger partial charge is 0.317 e. The van der Waals surface area contributed by atoms with Gasteiger partial charge in [0.05, 0.1) is 10.6 Å². The van der Waals surface area contributed by atoms with Crippen molar-refractivity contribution in [2.45, 2.75) is 51.5 Å². The molecular weight excluding hydrogens is 378 g/mol. The van der Waals surface area contributed by atoms with Crippen LogP contribution in [0.2, 0.25) is 0 Å². The SMILES string of the molecule is CCN(CC)CCNC(=O)N(CCCCS(=O)(=O)c1ccccc1)C(C)C.O. The van der Waals surface area contributed by atoms with Gasteiger partial charge in [0, 0.05) is 25.7 Å². The first-order valence-corrected chi connectivity index (χ1v) is 11.5. The zero-order valence-corrected chi connectivity index (χ0v) is 18.5. The highest BCUT2D eigenvalue weighted by molar-refractivity contribution is 7.91. The Kier molecular flexibility index (Phi) is 12.7. The lowest BCUT2D eigenvalue weighted by atomic mass is 10.2. The van der Waals surface area contributed by atoms with Crippen LogP contribution in [0.4, 0.5) is 4.79 Å². The highest BCUT2D eigenvalue weighted by Crippen LogP contribution is 2.12. The second-order valence-corrected chi connectivity index (χ2v) is 8.99. The molecule has 0 aliphatic carbocycles. The summed E-state index contributed by atoms with van der Waals surface area (Å²) < 4.78 is 24.6. The summed E-state index contributed by atoms with van der Waals surface area (Å²) in [5.74, 6) is 0.104. The molecule has 0 saturated heterocycles. The lowest BCUT2D eigenvalue weighted by Crippen LogP contribution is -2.46. The lowest BCUT2D eigenvalue weighted by molar-refractivity contribution is 0.180. The first-order chi connectivity index (χ1) is 12.8. The summed E-state index contributed by atoms with van der Waals surface area (Å²) in [5, 5.41) is 2.97. The van der Waals surface area contributed by atoms with Crippen LogP contribution in [0.3, 0.4) is 0 Å². The second kappa shape index (κ2) is 13.5. The average molecular weight is 416 g/mol. The molecule has 3 N–H and O–H groups in total. The molecule has 0 atom stereocenters. The summed E-state index contributed by atoms with van der Waals surface area (Å²) in [7, 11) is -3.25. The molecule has 0 spiro atoms. The van der Waals surface area contributed by atoms with Gasteiger partial charge in [-0.15, -0.1) is 0 Å². The third kappa shape index (κ3) is 9.03. The normalized spacial score (nSPS) is 11.4. The molecule has 1 aromatic rings. The molecule has 0 aromatic heterocycles. The standard InChI is InChI=1S/C20H35N3O3S.H2O/c1-5-22(6-2)16-14-21-20(24)23(18(3)4)15-10-11-17-27(25,26)19-12-8-7-9-13-19;/h7-9,12-13,18H,5-6,10-11,14-17H2,1-4H3,(H,21,24);1H2. The number of carbonyl (C=O) groups is 1. The molecule has 0 saturated carbocycles. The molecule has 1 rings (SSSR count). The number of nitrogens with one attached hydrogen (secondary N) is 1. The van der Waals surface area contributed by atoms with Crippen LogP contribution in [-0.2, 0) is 9.84 Å². The monoisotopic (exact) mass is 415 g/mol. The molecular formula is C20H37N3O4S. The molecule has 162 valence electrons. The van der Waals surface area contributed by atoms with Gasteiger partial charge in [0.15, 0.2) is 9.84 Å². The van der Waals surface area contributed by atoms with Crippen LogP contribution in [0.1, 0.15) is 40.5 Å². The van der Waals surface area contributed by atoms with Crippen molar-refractivity contribution in [2.24, 2.45) is 0 Å². The summed E-state index contributed by atoms with van der Waals surface area (Å²) >= 11 is 0. The quantitative estimate of drug-likeness (QED) is 0.529. The Balaban J connectivity index is 0.00000729. The number of amides is 2. The third-order valence-electron chi connectivity index (χ3n) is 4.65. The van der Waals surface area contributed by atoms with Crippen molar-refractivity contribution in [3.8, 4) is 0 Å². The van der Waals surface area contributed by atoms with Gasteiger partial charge in [0.25, 0.3) is 0 Å². The van der Waals surface area contributed by atoms with Crippen molar-refractivity contribution in [3.05, 3.63) is 30.3 Å². The van der Waals surface area contributed by atoms with E-state index in [0.29, 0.717) is 30.8 Å². The van der Waals surface area contributed by atoms with Crippen LogP contribution in [0.25, 0.3) is 0 Å². The van der Waals surface area contributed by atoms with Crippen LogP contribution in [0, 0.1) is 0 Å².